The van der Waals surface area contributed by atoms with Gasteiger partial charge in [0.25, 0.3) is 0 Å². The van der Waals surface area contributed by atoms with E-state index in [0.717, 1.165) is 21.5 Å². The van der Waals surface area contributed by atoms with Gasteiger partial charge in [0.15, 0.2) is 16.7 Å². The number of benzene rings is 1. The van der Waals surface area contributed by atoms with Gasteiger partial charge in [-0.3, -0.25) is 4.79 Å². The molecule has 0 N–H and O–H groups in total. The molecule has 30 heavy (non-hydrogen) atoms. The van der Waals surface area contributed by atoms with Gasteiger partial charge < -0.3 is 18.9 Å². The van der Waals surface area contributed by atoms with Gasteiger partial charge in [0, 0.05) is 29.6 Å². The number of thioether (sulfide) groups is 1. The van der Waals surface area contributed by atoms with Gasteiger partial charge in [0.1, 0.15) is 19.0 Å². The van der Waals surface area contributed by atoms with Gasteiger partial charge in [-0.05, 0) is 23.6 Å². The second-order valence-corrected chi connectivity index (χ2v) is 9.21. The first-order chi connectivity index (χ1) is 14.5. The Balaban J connectivity index is 1.54. The molecule has 3 heterocycles. The van der Waals surface area contributed by atoms with E-state index in [1.165, 1.54) is 11.8 Å². The molecule has 1 aliphatic rings. The lowest BCUT2D eigenvalue weighted by molar-refractivity contribution is -0.116. The van der Waals surface area contributed by atoms with E-state index in [1.54, 1.807) is 16.2 Å². The lowest BCUT2D eigenvalue weighted by Gasteiger charge is -2.25. The van der Waals surface area contributed by atoms with E-state index >= 15 is 0 Å². The first-order valence-electron chi connectivity index (χ1n) is 9.77. The molecule has 158 valence electrons. The van der Waals surface area contributed by atoms with E-state index in [1.807, 2.05) is 47.3 Å². The Hall–Kier alpha value is -2.52. The average molecular weight is 445 g/mol. The maximum atomic E-state index is 13.2. The number of amides is 1. The molecule has 0 aliphatic carbocycles. The Morgan fingerprint density at radius 1 is 1.23 bits per heavy atom. The zero-order valence-electron chi connectivity index (χ0n) is 17.2. The van der Waals surface area contributed by atoms with Crippen LogP contribution >= 0.6 is 23.1 Å². The van der Waals surface area contributed by atoms with E-state index < -0.39 is 0 Å². The van der Waals surface area contributed by atoms with Crippen molar-refractivity contribution in [2.75, 3.05) is 23.9 Å². The Labute approximate surface area is 184 Å². The number of rotatable bonds is 7. The third-order valence-corrected chi connectivity index (χ3v) is 6.61. The first-order valence-corrected chi connectivity index (χ1v) is 11.6. The van der Waals surface area contributed by atoms with Crippen LogP contribution in [0.4, 0.5) is 5.69 Å². The maximum absolute atomic E-state index is 13.2. The number of thiophene rings is 1. The molecule has 0 atom stereocenters. The molecule has 0 unspecified atom stereocenters. The molecule has 0 radical (unpaired) electrons. The molecule has 2 aromatic heterocycles. The minimum absolute atomic E-state index is 0.000764. The van der Waals surface area contributed by atoms with E-state index in [-0.39, 0.29) is 17.6 Å². The topological polar surface area (TPSA) is 69.5 Å². The van der Waals surface area contributed by atoms with Gasteiger partial charge in [-0.1, -0.05) is 31.7 Å². The summed E-state index contributed by atoms with van der Waals surface area (Å²) >= 11 is 3.04. The molecule has 7 nitrogen and oxygen atoms in total. The second-order valence-electron chi connectivity index (χ2n) is 7.23. The molecule has 0 fully saturated rings. The van der Waals surface area contributed by atoms with E-state index in [2.05, 4.69) is 24.0 Å². The highest BCUT2D eigenvalue weighted by Gasteiger charge is 2.22. The number of carbonyl (C=O) groups excluding carboxylic acids is 1. The van der Waals surface area contributed by atoms with Crippen LogP contribution in [0, 0.1) is 0 Å². The summed E-state index contributed by atoms with van der Waals surface area (Å²) in [7, 11) is 1.94. The highest BCUT2D eigenvalue weighted by molar-refractivity contribution is 7.99. The van der Waals surface area contributed by atoms with Crippen LogP contribution in [-0.4, -0.2) is 39.6 Å². The van der Waals surface area contributed by atoms with Crippen molar-refractivity contribution in [2.24, 2.45) is 7.05 Å². The van der Waals surface area contributed by atoms with Gasteiger partial charge in [-0.2, -0.15) is 0 Å². The van der Waals surface area contributed by atoms with E-state index in [0.29, 0.717) is 31.3 Å². The monoisotopic (exact) mass is 444 g/mol. The highest BCUT2D eigenvalue weighted by Crippen LogP contribution is 2.35. The van der Waals surface area contributed by atoms with Crippen molar-refractivity contribution in [2.45, 2.75) is 31.5 Å². The number of hydrogen-bond acceptors (Lipinski definition) is 7. The fraction of sp³-hybridized carbons (Fsp3) is 0.381. The summed E-state index contributed by atoms with van der Waals surface area (Å²) in [6.45, 7) is 5.71. The van der Waals surface area contributed by atoms with Crippen molar-refractivity contribution in [1.29, 1.82) is 0 Å². The first kappa shape index (κ1) is 20.7. The van der Waals surface area contributed by atoms with Crippen LogP contribution in [0.15, 0.2) is 40.9 Å². The molecule has 0 spiro atoms. The summed E-state index contributed by atoms with van der Waals surface area (Å²) < 4.78 is 13.3. The van der Waals surface area contributed by atoms with Crippen molar-refractivity contribution < 1.29 is 14.3 Å². The zero-order valence-corrected chi connectivity index (χ0v) is 18.8. The second kappa shape index (κ2) is 9.09. The molecule has 1 aromatic carbocycles. The average Bonchev–Trinajstić information content (AvgIpc) is 3.39. The van der Waals surface area contributed by atoms with Crippen molar-refractivity contribution in [3.05, 3.63) is 46.4 Å². The number of aromatic nitrogens is 3. The number of anilines is 1. The largest absolute Gasteiger partial charge is 0.486 e. The van der Waals surface area contributed by atoms with E-state index in [9.17, 15) is 4.79 Å². The smallest absolute Gasteiger partial charge is 0.237 e. The van der Waals surface area contributed by atoms with Crippen molar-refractivity contribution in [3.63, 3.8) is 0 Å². The molecule has 4 rings (SSSR count). The number of fused-ring (bicyclic) bond motifs is 1. The number of carbonyl (C=O) groups is 1. The lowest BCUT2D eigenvalue weighted by Crippen LogP contribution is -2.32. The Morgan fingerprint density at radius 3 is 2.73 bits per heavy atom. The fourth-order valence-corrected chi connectivity index (χ4v) is 4.73. The third kappa shape index (κ3) is 4.46. The van der Waals surface area contributed by atoms with Crippen LogP contribution < -0.4 is 14.4 Å². The van der Waals surface area contributed by atoms with Gasteiger partial charge in [0.05, 0.1) is 12.3 Å². The minimum atomic E-state index is -0.000764. The molecule has 1 aliphatic heterocycles. The normalized spacial score (nSPS) is 12.9. The van der Waals surface area contributed by atoms with Crippen LogP contribution in [-0.2, 0) is 18.4 Å². The van der Waals surface area contributed by atoms with Gasteiger partial charge in [0.2, 0.25) is 5.91 Å². The summed E-state index contributed by atoms with van der Waals surface area (Å²) in [6.07, 6.45) is 0. The summed E-state index contributed by atoms with van der Waals surface area (Å²) in [6, 6.07) is 9.68. The van der Waals surface area contributed by atoms with Crippen molar-refractivity contribution in [1.82, 2.24) is 14.8 Å². The molecular formula is C21H24N4O3S2. The minimum Gasteiger partial charge on any atom is -0.486 e. The standard InChI is InChI=1S/C21H24N4O3S2/c1-14(2)20-22-23-21(24(20)3)30-13-19(26)25(12-16-5-4-10-29-16)15-6-7-17-18(11-15)28-9-8-27-17/h4-7,10-11,14H,8-9,12-13H2,1-3H3. The molecule has 0 bridgehead atoms. The molecule has 0 saturated heterocycles. The predicted octanol–water partition coefficient (Wildman–Crippen LogP) is 4.10. The van der Waals surface area contributed by atoms with Crippen molar-refractivity contribution >= 4 is 34.7 Å². The summed E-state index contributed by atoms with van der Waals surface area (Å²) in [5.74, 6) is 2.84. The predicted molar refractivity (Wildman–Crippen MR) is 119 cm³/mol. The quantitative estimate of drug-likeness (QED) is 0.511. The molecule has 0 saturated carbocycles. The molecule has 1 amide bonds. The van der Waals surface area contributed by atoms with Gasteiger partial charge >= 0.3 is 0 Å². The molecule has 9 heteroatoms. The Bertz CT molecular complexity index is 1020. The van der Waals surface area contributed by atoms with Crippen LogP contribution in [0.1, 0.15) is 30.5 Å². The third-order valence-electron chi connectivity index (χ3n) is 4.74. The number of hydrogen-bond donors (Lipinski definition) is 0. The van der Waals surface area contributed by atoms with Crippen LogP contribution in [0.2, 0.25) is 0 Å². The summed E-state index contributed by atoms with van der Waals surface area (Å²) in [4.78, 5) is 16.1. The van der Waals surface area contributed by atoms with E-state index in [4.69, 9.17) is 9.47 Å². The van der Waals surface area contributed by atoms with Gasteiger partial charge in [-0.25, -0.2) is 0 Å². The zero-order chi connectivity index (χ0) is 21.1. The number of ether oxygens (including phenoxy) is 2. The highest BCUT2D eigenvalue weighted by atomic mass is 32.2. The number of nitrogens with zero attached hydrogens (tertiary/aromatic N) is 4. The van der Waals surface area contributed by atoms with Crippen LogP contribution in [0.5, 0.6) is 11.5 Å². The van der Waals surface area contributed by atoms with Crippen LogP contribution in [0.3, 0.4) is 0 Å². The lowest BCUT2D eigenvalue weighted by atomic mass is 10.2. The maximum Gasteiger partial charge on any atom is 0.237 e. The SMILES string of the molecule is CC(C)c1nnc(SCC(=O)N(Cc2cccs2)c2ccc3c(c2)OCCO3)n1C. The molecular weight excluding hydrogens is 420 g/mol. The molecule has 3 aromatic rings. The summed E-state index contributed by atoms with van der Waals surface area (Å²) in [5.41, 5.74) is 0.791. The Kier molecular flexibility index (Phi) is 6.29. The van der Waals surface area contributed by atoms with Crippen molar-refractivity contribution in [3.8, 4) is 11.5 Å². The Morgan fingerprint density at radius 2 is 2.03 bits per heavy atom. The summed E-state index contributed by atoms with van der Waals surface area (Å²) in [5, 5.41) is 11.2. The van der Waals surface area contributed by atoms with Gasteiger partial charge in [-0.15, -0.1) is 21.5 Å². The van der Waals surface area contributed by atoms with Crippen LogP contribution in [0.25, 0.3) is 0 Å². The fourth-order valence-electron chi connectivity index (χ4n) is 3.24.